The summed E-state index contributed by atoms with van der Waals surface area (Å²) >= 11 is 1.27. The summed E-state index contributed by atoms with van der Waals surface area (Å²) in [6.07, 6.45) is 4.37. The number of hydrogen-bond donors (Lipinski definition) is 0. The van der Waals surface area contributed by atoms with Crippen molar-refractivity contribution < 1.29 is 4.92 Å². The van der Waals surface area contributed by atoms with Crippen molar-refractivity contribution in [1.82, 2.24) is 0 Å². The molecule has 0 N–H and O–H groups in total. The first-order valence-corrected chi connectivity index (χ1v) is 4.17. The SMILES string of the molecule is C=CCC1([N+](=O)[O-])CC=CS1. The fourth-order valence-electron chi connectivity index (χ4n) is 1.00. The van der Waals surface area contributed by atoms with Gasteiger partial charge in [-0.3, -0.25) is 10.1 Å². The van der Waals surface area contributed by atoms with Gasteiger partial charge in [-0.15, -0.1) is 6.58 Å². The molecule has 1 atom stereocenters. The average Bonchev–Trinajstić information content (AvgIpc) is 2.38. The third-order valence-electron chi connectivity index (χ3n) is 1.62. The van der Waals surface area contributed by atoms with Crippen molar-refractivity contribution in [2.45, 2.75) is 17.7 Å². The highest BCUT2D eigenvalue weighted by Crippen LogP contribution is 2.39. The summed E-state index contributed by atoms with van der Waals surface area (Å²) in [5.41, 5.74) is 0. The first-order valence-electron chi connectivity index (χ1n) is 3.29. The number of rotatable bonds is 3. The Labute approximate surface area is 69.3 Å². The quantitative estimate of drug-likeness (QED) is 0.371. The Bertz CT molecular complexity index is 204. The van der Waals surface area contributed by atoms with Gasteiger partial charge < -0.3 is 0 Å². The molecule has 0 aromatic heterocycles. The van der Waals surface area contributed by atoms with E-state index in [4.69, 9.17) is 0 Å². The zero-order valence-corrected chi connectivity index (χ0v) is 6.84. The molecule has 0 bridgehead atoms. The Morgan fingerprint density at radius 2 is 2.64 bits per heavy atom. The second-order valence-electron chi connectivity index (χ2n) is 2.39. The number of nitrogens with zero attached hydrogens (tertiary/aromatic N) is 1. The Kier molecular flexibility index (Phi) is 2.34. The topological polar surface area (TPSA) is 43.1 Å². The van der Waals surface area contributed by atoms with Crippen LogP contribution in [-0.2, 0) is 0 Å². The Morgan fingerprint density at radius 1 is 1.91 bits per heavy atom. The lowest BCUT2D eigenvalue weighted by molar-refractivity contribution is -0.535. The largest absolute Gasteiger partial charge is 0.277 e. The molecule has 0 radical (unpaired) electrons. The number of nitro groups is 1. The minimum atomic E-state index is -0.845. The van der Waals surface area contributed by atoms with Crippen LogP contribution in [0.5, 0.6) is 0 Å². The maximum absolute atomic E-state index is 10.6. The van der Waals surface area contributed by atoms with E-state index in [0.717, 1.165) is 0 Å². The van der Waals surface area contributed by atoms with Gasteiger partial charge in [0, 0.05) is 17.8 Å². The van der Waals surface area contributed by atoms with Crippen LogP contribution in [0, 0.1) is 10.1 Å². The molecule has 0 aliphatic carbocycles. The molecule has 3 nitrogen and oxygen atoms in total. The first kappa shape index (κ1) is 8.33. The monoisotopic (exact) mass is 171 g/mol. The predicted molar refractivity (Wildman–Crippen MR) is 45.9 cm³/mol. The van der Waals surface area contributed by atoms with Crippen molar-refractivity contribution in [2.75, 3.05) is 0 Å². The van der Waals surface area contributed by atoms with E-state index in [1.807, 2.05) is 6.08 Å². The van der Waals surface area contributed by atoms with Crippen molar-refractivity contribution in [3.05, 3.63) is 34.3 Å². The van der Waals surface area contributed by atoms with Gasteiger partial charge in [0.15, 0.2) is 0 Å². The molecule has 0 saturated heterocycles. The molecule has 1 aliphatic heterocycles. The van der Waals surface area contributed by atoms with E-state index in [1.54, 1.807) is 11.5 Å². The van der Waals surface area contributed by atoms with Crippen molar-refractivity contribution in [1.29, 1.82) is 0 Å². The lowest BCUT2D eigenvalue weighted by Gasteiger charge is -2.15. The number of hydrogen-bond acceptors (Lipinski definition) is 3. The van der Waals surface area contributed by atoms with Crippen molar-refractivity contribution >= 4 is 11.8 Å². The standard InChI is InChI=1S/C7H9NO2S/c1-2-4-7(8(9)10)5-3-6-11-7/h2-3,6H,1,4-5H2. The summed E-state index contributed by atoms with van der Waals surface area (Å²) in [5, 5.41) is 12.4. The van der Waals surface area contributed by atoms with Gasteiger partial charge in [-0.2, -0.15) is 0 Å². The molecule has 0 fully saturated rings. The van der Waals surface area contributed by atoms with Crippen LogP contribution in [0.25, 0.3) is 0 Å². The normalized spacial score (nSPS) is 28.7. The van der Waals surface area contributed by atoms with Crippen LogP contribution in [0.4, 0.5) is 0 Å². The van der Waals surface area contributed by atoms with Crippen LogP contribution in [0.15, 0.2) is 24.1 Å². The minimum Gasteiger partial charge on any atom is -0.263 e. The molecule has 4 heteroatoms. The molecule has 11 heavy (non-hydrogen) atoms. The van der Waals surface area contributed by atoms with E-state index >= 15 is 0 Å². The smallest absolute Gasteiger partial charge is 0.263 e. The molecular weight excluding hydrogens is 162 g/mol. The lowest BCUT2D eigenvalue weighted by atomic mass is 10.1. The summed E-state index contributed by atoms with van der Waals surface area (Å²) in [4.78, 5) is 9.54. The van der Waals surface area contributed by atoms with Crippen LogP contribution in [0.1, 0.15) is 12.8 Å². The molecule has 0 aromatic carbocycles. The summed E-state index contributed by atoms with van der Waals surface area (Å²) < 4.78 is 0. The first-order chi connectivity index (χ1) is 5.21. The second kappa shape index (κ2) is 3.09. The highest BCUT2D eigenvalue weighted by molar-refractivity contribution is 8.03. The fraction of sp³-hybridized carbons (Fsp3) is 0.429. The molecule has 60 valence electrons. The van der Waals surface area contributed by atoms with Gasteiger partial charge in [0.1, 0.15) is 0 Å². The fourth-order valence-corrected chi connectivity index (χ4v) is 1.94. The summed E-state index contributed by atoms with van der Waals surface area (Å²) in [5.74, 6) is 0. The third kappa shape index (κ3) is 1.45. The molecule has 0 amide bonds. The van der Waals surface area contributed by atoms with Crippen molar-refractivity contribution in [3.63, 3.8) is 0 Å². The minimum absolute atomic E-state index is 0.223. The Balaban J connectivity index is 2.72. The van der Waals surface area contributed by atoms with Gasteiger partial charge in [-0.1, -0.05) is 23.9 Å². The summed E-state index contributed by atoms with van der Waals surface area (Å²) in [7, 11) is 0. The van der Waals surface area contributed by atoms with Crippen LogP contribution in [-0.4, -0.2) is 9.79 Å². The molecular formula is C7H9NO2S. The van der Waals surface area contributed by atoms with Gasteiger partial charge in [-0.25, -0.2) is 0 Å². The van der Waals surface area contributed by atoms with Gasteiger partial charge in [0.25, 0.3) is 4.87 Å². The molecule has 1 aliphatic rings. The van der Waals surface area contributed by atoms with Gasteiger partial charge in [0.2, 0.25) is 0 Å². The second-order valence-corrected chi connectivity index (χ2v) is 3.66. The van der Waals surface area contributed by atoms with E-state index in [2.05, 4.69) is 6.58 Å². The molecule has 0 saturated carbocycles. The van der Waals surface area contributed by atoms with E-state index < -0.39 is 4.87 Å². The summed E-state index contributed by atoms with van der Waals surface area (Å²) in [6, 6.07) is 0. The average molecular weight is 171 g/mol. The predicted octanol–water partition coefficient (Wildman–Crippen LogP) is 2.19. The van der Waals surface area contributed by atoms with E-state index in [-0.39, 0.29) is 4.92 Å². The van der Waals surface area contributed by atoms with Gasteiger partial charge >= 0.3 is 0 Å². The molecule has 1 rings (SSSR count). The zero-order chi connectivity index (χ0) is 8.32. The van der Waals surface area contributed by atoms with E-state index in [0.29, 0.717) is 12.8 Å². The Morgan fingerprint density at radius 3 is 3.00 bits per heavy atom. The highest BCUT2D eigenvalue weighted by atomic mass is 32.2. The molecule has 1 unspecified atom stereocenters. The van der Waals surface area contributed by atoms with Gasteiger partial charge in [-0.05, 0) is 5.41 Å². The van der Waals surface area contributed by atoms with E-state index in [1.165, 1.54) is 11.8 Å². The number of thioether (sulfide) groups is 1. The van der Waals surface area contributed by atoms with Crippen LogP contribution < -0.4 is 0 Å². The highest BCUT2D eigenvalue weighted by Gasteiger charge is 2.42. The van der Waals surface area contributed by atoms with Gasteiger partial charge in [0.05, 0.1) is 0 Å². The van der Waals surface area contributed by atoms with Crippen LogP contribution >= 0.6 is 11.8 Å². The zero-order valence-electron chi connectivity index (χ0n) is 6.03. The van der Waals surface area contributed by atoms with Crippen LogP contribution in [0.2, 0.25) is 0 Å². The maximum atomic E-state index is 10.6. The summed E-state index contributed by atoms with van der Waals surface area (Å²) in [6.45, 7) is 3.51. The molecule has 0 aromatic rings. The molecule has 0 spiro atoms. The van der Waals surface area contributed by atoms with Crippen molar-refractivity contribution in [3.8, 4) is 0 Å². The third-order valence-corrected chi connectivity index (χ3v) is 2.87. The molecule has 1 heterocycles. The maximum Gasteiger partial charge on any atom is 0.277 e. The van der Waals surface area contributed by atoms with E-state index in [9.17, 15) is 10.1 Å². The Hall–Kier alpha value is -0.770. The van der Waals surface area contributed by atoms with Crippen molar-refractivity contribution in [2.24, 2.45) is 0 Å². The lowest BCUT2D eigenvalue weighted by Crippen LogP contribution is -2.30. The van der Waals surface area contributed by atoms with Crippen LogP contribution in [0.3, 0.4) is 0 Å².